The van der Waals surface area contributed by atoms with Gasteiger partial charge in [0.1, 0.15) is 6.54 Å². The summed E-state index contributed by atoms with van der Waals surface area (Å²) < 4.78 is 0. The zero-order valence-electron chi connectivity index (χ0n) is 11.2. The highest BCUT2D eigenvalue weighted by atomic mass is 16.2. The van der Waals surface area contributed by atoms with E-state index in [1.807, 2.05) is 72.6 Å². The van der Waals surface area contributed by atoms with Gasteiger partial charge in [-0.25, -0.2) is 0 Å². The van der Waals surface area contributed by atoms with Gasteiger partial charge in [-0.2, -0.15) is 5.01 Å². The van der Waals surface area contributed by atoms with E-state index in [1.54, 1.807) is 0 Å². The van der Waals surface area contributed by atoms with Crippen molar-refractivity contribution >= 4 is 17.4 Å². The SMILES string of the molecule is CN1CC(=O)N(c2ccccc2)N=C1c1ccccc1. The number of rotatable bonds is 2. The van der Waals surface area contributed by atoms with E-state index in [4.69, 9.17) is 0 Å². The third kappa shape index (κ3) is 2.28. The number of hydrazone groups is 1. The molecule has 1 aliphatic rings. The standard InChI is InChI=1S/C16H15N3O/c1-18-12-15(20)19(14-10-6-3-7-11-14)17-16(18)13-8-4-2-5-9-13/h2-11H,12H2,1H3. The molecular weight excluding hydrogens is 250 g/mol. The fraction of sp³-hybridized carbons (Fsp3) is 0.125. The van der Waals surface area contributed by atoms with Crippen LogP contribution in [0.2, 0.25) is 0 Å². The number of anilines is 1. The quantitative estimate of drug-likeness (QED) is 0.835. The maximum Gasteiger partial charge on any atom is 0.266 e. The van der Waals surface area contributed by atoms with Crippen LogP contribution in [0.25, 0.3) is 0 Å². The molecule has 100 valence electrons. The van der Waals surface area contributed by atoms with Crippen molar-refractivity contribution in [1.82, 2.24) is 4.90 Å². The predicted molar refractivity (Wildman–Crippen MR) is 79.5 cm³/mol. The minimum Gasteiger partial charge on any atom is -0.348 e. The van der Waals surface area contributed by atoms with Crippen molar-refractivity contribution in [3.8, 4) is 0 Å². The van der Waals surface area contributed by atoms with Gasteiger partial charge in [-0.05, 0) is 12.1 Å². The highest BCUT2D eigenvalue weighted by Crippen LogP contribution is 2.19. The summed E-state index contributed by atoms with van der Waals surface area (Å²) in [5, 5.41) is 5.99. The lowest BCUT2D eigenvalue weighted by atomic mass is 10.2. The van der Waals surface area contributed by atoms with Gasteiger partial charge in [-0.15, -0.1) is 5.10 Å². The van der Waals surface area contributed by atoms with Crippen molar-refractivity contribution in [2.24, 2.45) is 5.10 Å². The largest absolute Gasteiger partial charge is 0.348 e. The van der Waals surface area contributed by atoms with Gasteiger partial charge in [0.05, 0.1) is 5.69 Å². The summed E-state index contributed by atoms with van der Waals surface area (Å²) in [6, 6.07) is 19.4. The van der Waals surface area contributed by atoms with Crippen molar-refractivity contribution in [3.63, 3.8) is 0 Å². The second-order valence-electron chi connectivity index (χ2n) is 4.69. The second kappa shape index (κ2) is 5.17. The van der Waals surface area contributed by atoms with Crippen molar-refractivity contribution in [3.05, 3.63) is 66.2 Å². The van der Waals surface area contributed by atoms with Crippen LogP contribution in [0.15, 0.2) is 65.8 Å². The number of hydrogen-bond acceptors (Lipinski definition) is 3. The third-order valence-electron chi connectivity index (χ3n) is 3.20. The molecule has 0 atom stereocenters. The monoisotopic (exact) mass is 265 g/mol. The van der Waals surface area contributed by atoms with E-state index in [2.05, 4.69) is 5.10 Å². The maximum atomic E-state index is 12.2. The van der Waals surface area contributed by atoms with Gasteiger partial charge in [-0.1, -0.05) is 48.5 Å². The van der Waals surface area contributed by atoms with Gasteiger partial charge >= 0.3 is 0 Å². The molecule has 0 saturated carbocycles. The van der Waals surface area contributed by atoms with Crippen LogP contribution in [-0.2, 0) is 4.79 Å². The number of likely N-dealkylation sites (N-methyl/N-ethyl adjacent to an activating group) is 1. The van der Waals surface area contributed by atoms with E-state index in [0.29, 0.717) is 6.54 Å². The average molecular weight is 265 g/mol. The Morgan fingerprint density at radius 3 is 2.20 bits per heavy atom. The van der Waals surface area contributed by atoms with Crippen molar-refractivity contribution < 1.29 is 4.79 Å². The van der Waals surface area contributed by atoms with Crippen LogP contribution in [0, 0.1) is 0 Å². The fourth-order valence-electron chi connectivity index (χ4n) is 2.21. The lowest BCUT2D eigenvalue weighted by Gasteiger charge is -2.30. The van der Waals surface area contributed by atoms with Crippen LogP contribution in [0.1, 0.15) is 5.56 Å². The molecule has 2 aromatic carbocycles. The number of benzene rings is 2. The molecule has 4 nitrogen and oxygen atoms in total. The molecule has 0 saturated heterocycles. The number of para-hydroxylation sites is 1. The summed E-state index contributed by atoms with van der Waals surface area (Å²) in [6.07, 6.45) is 0. The van der Waals surface area contributed by atoms with Crippen LogP contribution in [0.4, 0.5) is 5.69 Å². The first-order valence-corrected chi connectivity index (χ1v) is 6.49. The highest BCUT2D eigenvalue weighted by molar-refractivity contribution is 6.07. The van der Waals surface area contributed by atoms with Gasteiger partial charge in [0.2, 0.25) is 0 Å². The molecule has 20 heavy (non-hydrogen) atoms. The Morgan fingerprint density at radius 1 is 0.950 bits per heavy atom. The van der Waals surface area contributed by atoms with Crippen LogP contribution < -0.4 is 5.01 Å². The molecule has 2 aromatic rings. The molecule has 0 aliphatic carbocycles. The Bertz CT molecular complexity index is 637. The molecule has 3 rings (SSSR count). The smallest absolute Gasteiger partial charge is 0.266 e. The summed E-state index contributed by atoms with van der Waals surface area (Å²) >= 11 is 0. The predicted octanol–water partition coefficient (Wildman–Crippen LogP) is 2.33. The minimum atomic E-state index is -0.0293. The van der Waals surface area contributed by atoms with Crippen LogP contribution in [0.3, 0.4) is 0 Å². The molecule has 1 heterocycles. The van der Waals surface area contributed by atoms with Crippen LogP contribution in [0.5, 0.6) is 0 Å². The van der Waals surface area contributed by atoms with Gasteiger partial charge in [0.15, 0.2) is 5.84 Å². The zero-order valence-corrected chi connectivity index (χ0v) is 11.2. The highest BCUT2D eigenvalue weighted by Gasteiger charge is 2.25. The molecule has 0 N–H and O–H groups in total. The van der Waals surface area contributed by atoms with Gasteiger partial charge < -0.3 is 4.90 Å². The van der Waals surface area contributed by atoms with E-state index in [-0.39, 0.29) is 5.91 Å². The number of hydrogen-bond donors (Lipinski definition) is 0. The Hall–Kier alpha value is -2.62. The number of amides is 1. The molecule has 0 bridgehead atoms. The Morgan fingerprint density at radius 2 is 1.55 bits per heavy atom. The molecular formula is C16H15N3O. The van der Waals surface area contributed by atoms with Gasteiger partial charge in [0, 0.05) is 12.6 Å². The van der Waals surface area contributed by atoms with E-state index >= 15 is 0 Å². The molecule has 0 aromatic heterocycles. The summed E-state index contributed by atoms with van der Waals surface area (Å²) in [6.45, 7) is 0.322. The van der Waals surface area contributed by atoms with Crippen LogP contribution in [-0.4, -0.2) is 30.2 Å². The first kappa shape index (κ1) is 12.4. The number of carbonyl (C=O) groups is 1. The zero-order chi connectivity index (χ0) is 13.9. The maximum absolute atomic E-state index is 12.2. The van der Waals surface area contributed by atoms with E-state index in [0.717, 1.165) is 17.1 Å². The van der Waals surface area contributed by atoms with E-state index in [9.17, 15) is 4.79 Å². The molecule has 4 heteroatoms. The Labute approximate surface area is 117 Å². The number of carbonyl (C=O) groups excluding carboxylic acids is 1. The summed E-state index contributed by atoms with van der Waals surface area (Å²) in [5.74, 6) is 0.771. The van der Waals surface area contributed by atoms with Gasteiger partial charge in [-0.3, -0.25) is 4.79 Å². The summed E-state index contributed by atoms with van der Waals surface area (Å²) in [5.41, 5.74) is 1.79. The normalized spacial score (nSPS) is 15.2. The summed E-state index contributed by atoms with van der Waals surface area (Å²) in [7, 11) is 1.88. The Kier molecular flexibility index (Phi) is 3.21. The van der Waals surface area contributed by atoms with Crippen LogP contribution >= 0.6 is 0 Å². The number of nitrogens with zero attached hydrogens (tertiary/aromatic N) is 3. The molecule has 0 unspecified atom stereocenters. The molecule has 0 fully saturated rings. The second-order valence-corrected chi connectivity index (χ2v) is 4.69. The third-order valence-corrected chi connectivity index (χ3v) is 3.20. The lowest BCUT2D eigenvalue weighted by Crippen LogP contribution is -2.45. The number of amidine groups is 1. The lowest BCUT2D eigenvalue weighted by molar-refractivity contribution is -0.119. The van der Waals surface area contributed by atoms with Crippen molar-refractivity contribution in [1.29, 1.82) is 0 Å². The molecule has 1 aliphatic heterocycles. The van der Waals surface area contributed by atoms with E-state index < -0.39 is 0 Å². The Balaban J connectivity index is 2.03. The minimum absolute atomic E-state index is 0.0293. The van der Waals surface area contributed by atoms with Gasteiger partial charge in [0.25, 0.3) is 5.91 Å². The summed E-state index contributed by atoms with van der Waals surface area (Å²) in [4.78, 5) is 14.0. The van der Waals surface area contributed by atoms with Crippen molar-refractivity contribution in [2.75, 3.05) is 18.6 Å². The average Bonchev–Trinajstić information content (AvgIpc) is 2.49. The molecule has 0 radical (unpaired) electrons. The first-order valence-electron chi connectivity index (χ1n) is 6.49. The van der Waals surface area contributed by atoms with E-state index in [1.165, 1.54) is 5.01 Å². The molecule has 1 amide bonds. The molecule has 0 spiro atoms. The van der Waals surface area contributed by atoms with Crippen molar-refractivity contribution in [2.45, 2.75) is 0 Å². The fourth-order valence-corrected chi connectivity index (χ4v) is 2.21. The first-order chi connectivity index (χ1) is 9.75. The topological polar surface area (TPSA) is 35.9 Å².